The van der Waals surface area contributed by atoms with Gasteiger partial charge in [-0.25, -0.2) is 4.39 Å². The van der Waals surface area contributed by atoms with Gasteiger partial charge in [-0.15, -0.1) is 0 Å². The fourth-order valence-corrected chi connectivity index (χ4v) is 1.39. The summed E-state index contributed by atoms with van der Waals surface area (Å²) >= 11 is 0. The van der Waals surface area contributed by atoms with Crippen molar-refractivity contribution in [3.8, 4) is 0 Å². The van der Waals surface area contributed by atoms with E-state index in [0.29, 0.717) is 6.42 Å². The van der Waals surface area contributed by atoms with E-state index in [2.05, 4.69) is 0 Å². The van der Waals surface area contributed by atoms with E-state index >= 15 is 0 Å². The van der Waals surface area contributed by atoms with Crippen LogP contribution < -0.4 is 5.73 Å². The van der Waals surface area contributed by atoms with E-state index in [1.54, 1.807) is 0 Å². The Kier molecular flexibility index (Phi) is 2.44. The summed E-state index contributed by atoms with van der Waals surface area (Å²) in [5, 5.41) is 8.56. The SMILES string of the molecule is N[C@H]1C[C@@H](C(=O)O)CC[C@@H]1F. The van der Waals surface area contributed by atoms with Gasteiger partial charge in [0.1, 0.15) is 6.17 Å². The average molecular weight is 161 g/mol. The number of nitrogens with two attached hydrogens (primary N) is 1. The van der Waals surface area contributed by atoms with Crippen molar-refractivity contribution in [2.24, 2.45) is 11.7 Å². The fraction of sp³-hybridized carbons (Fsp3) is 0.857. The van der Waals surface area contributed by atoms with Crippen LogP contribution in [0.3, 0.4) is 0 Å². The lowest BCUT2D eigenvalue weighted by Crippen LogP contribution is -2.40. The van der Waals surface area contributed by atoms with Crippen molar-refractivity contribution in [1.29, 1.82) is 0 Å². The van der Waals surface area contributed by atoms with Gasteiger partial charge >= 0.3 is 5.97 Å². The van der Waals surface area contributed by atoms with Crippen molar-refractivity contribution < 1.29 is 14.3 Å². The standard InChI is InChI=1S/C7H12FNO2/c8-5-2-1-4(7(10)11)3-6(5)9/h4-6H,1-3,9H2,(H,10,11)/t4-,5-,6-/m0/s1. The van der Waals surface area contributed by atoms with Gasteiger partial charge in [0.05, 0.1) is 5.92 Å². The third-order valence-corrected chi connectivity index (χ3v) is 2.16. The van der Waals surface area contributed by atoms with Crippen molar-refractivity contribution in [3.05, 3.63) is 0 Å². The summed E-state index contributed by atoms with van der Waals surface area (Å²) in [6.45, 7) is 0. The molecular weight excluding hydrogens is 149 g/mol. The third-order valence-electron chi connectivity index (χ3n) is 2.16. The average Bonchev–Trinajstić information content (AvgIpc) is 1.94. The van der Waals surface area contributed by atoms with Gasteiger partial charge in [0, 0.05) is 6.04 Å². The monoisotopic (exact) mass is 161 g/mol. The fourth-order valence-electron chi connectivity index (χ4n) is 1.39. The minimum absolute atomic E-state index is 0.274. The molecule has 64 valence electrons. The van der Waals surface area contributed by atoms with Gasteiger partial charge in [-0.1, -0.05) is 0 Å². The lowest BCUT2D eigenvalue weighted by molar-refractivity contribution is -0.143. The second-order valence-corrected chi connectivity index (χ2v) is 3.03. The number of halogens is 1. The first-order chi connectivity index (χ1) is 5.11. The van der Waals surface area contributed by atoms with Crippen molar-refractivity contribution in [2.75, 3.05) is 0 Å². The maximum absolute atomic E-state index is 12.7. The van der Waals surface area contributed by atoms with Crippen LogP contribution in [0, 0.1) is 5.92 Å². The van der Waals surface area contributed by atoms with E-state index < -0.39 is 24.1 Å². The quantitative estimate of drug-likeness (QED) is 0.589. The van der Waals surface area contributed by atoms with Crippen molar-refractivity contribution in [2.45, 2.75) is 31.5 Å². The first-order valence-electron chi connectivity index (χ1n) is 3.73. The molecule has 0 radical (unpaired) electrons. The molecule has 1 saturated carbocycles. The Balaban J connectivity index is 2.46. The number of aliphatic carboxylic acids is 1. The normalized spacial score (nSPS) is 38.5. The number of hydrogen-bond donors (Lipinski definition) is 2. The van der Waals surface area contributed by atoms with Crippen LogP contribution in [0.1, 0.15) is 19.3 Å². The van der Waals surface area contributed by atoms with E-state index in [1.165, 1.54) is 0 Å². The molecule has 11 heavy (non-hydrogen) atoms. The van der Waals surface area contributed by atoms with E-state index in [9.17, 15) is 9.18 Å². The Morgan fingerprint density at radius 3 is 2.64 bits per heavy atom. The molecule has 1 aliphatic rings. The van der Waals surface area contributed by atoms with Gasteiger partial charge in [-0.3, -0.25) is 4.79 Å². The van der Waals surface area contributed by atoms with Crippen LogP contribution in [0.2, 0.25) is 0 Å². The number of carboxylic acid groups (broad SMARTS) is 1. The Labute approximate surface area is 64.4 Å². The zero-order valence-electron chi connectivity index (χ0n) is 6.16. The predicted molar refractivity (Wildman–Crippen MR) is 37.8 cm³/mol. The Bertz CT molecular complexity index is 163. The maximum atomic E-state index is 12.7. The van der Waals surface area contributed by atoms with Crippen LogP contribution in [0.5, 0.6) is 0 Å². The number of carboxylic acids is 1. The minimum Gasteiger partial charge on any atom is -0.481 e. The van der Waals surface area contributed by atoms with Crippen molar-refractivity contribution >= 4 is 5.97 Å². The first-order valence-corrected chi connectivity index (χ1v) is 3.73. The number of alkyl halides is 1. The van der Waals surface area contributed by atoms with Crippen LogP contribution in [-0.4, -0.2) is 23.3 Å². The summed E-state index contributed by atoms with van der Waals surface area (Å²) in [5.41, 5.74) is 5.37. The Hall–Kier alpha value is -0.640. The lowest BCUT2D eigenvalue weighted by Gasteiger charge is -2.26. The Morgan fingerprint density at radius 1 is 1.55 bits per heavy atom. The highest BCUT2D eigenvalue weighted by atomic mass is 19.1. The molecule has 0 aromatic heterocycles. The molecule has 3 N–H and O–H groups in total. The van der Waals surface area contributed by atoms with Crippen LogP contribution >= 0.6 is 0 Å². The zero-order valence-corrected chi connectivity index (χ0v) is 6.16. The van der Waals surface area contributed by atoms with E-state index in [0.717, 1.165) is 0 Å². The highest BCUT2D eigenvalue weighted by Gasteiger charge is 2.31. The molecule has 0 bridgehead atoms. The molecule has 0 aromatic carbocycles. The maximum Gasteiger partial charge on any atom is 0.306 e. The molecule has 0 amide bonds. The Morgan fingerprint density at radius 2 is 2.18 bits per heavy atom. The van der Waals surface area contributed by atoms with Crippen LogP contribution in [0.25, 0.3) is 0 Å². The lowest BCUT2D eigenvalue weighted by atomic mass is 9.85. The molecule has 1 rings (SSSR count). The summed E-state index contributed by atoms with van der Waals surface area (Å²) in [6.07, 6.45) is -0.0237. The highest BCUT2D eigenvalue weighted by Crippen LogP contribution is 2.25. The molecule has 0 saturated heterocycles. The van der Waals surface area contributed by atoms with E-state index in [4.69, 9.17) is 10.8 Å². The zero-order chi connectivity index (χ0) is 8.43. The summed E-state index contributed by atoms with van der Waals surface area (Å²) in [5.74, 6) is -1.29. The van der Waals surface area contributed by atoms with E-state index in [-0.39, 0.29) is 12.8 Å². The van der Waals surface area contributed by atoms with Gasteiger partial charge in [0.15, 0.2) is 0 Å². The van der Waals surface area contributed by atoms with Crippen LogP contribution in [0.4, 0.5) is 4.39 Å². The molecule has 0 spiro atoms. The molecule has 4 heteroatoms. The number of carbonyl (C=O) groups is 1. The second kappa shape index (κ2) is 3.17. The smallest absolute Gasteiger partial charge is 0.306 e. The molecular formula is C7H12FNO2. The second-order valence-electron chi connectivity index (χ2n) is 3.03. The molecule has 0 heterocycles. The highest BCUT2D eigenvalue weighted by molar-refractivity contribution is 5.70. The molecule has 1 aliphatic carbocycles. The van der Waals surface area contributed by atoms with Crippen LogP contribution in [-0.2, 0) is 4.79 Å². The third kappa shape index (κ3) is 1.89. The van der Waals surface area contributed by atoms with Gasteiger partial charge < -0.3 is 10.8 Å². The molecule has 3 atom stereocenters. The first kappa shape index (κ1) is 8.46. The summed E-state index contributed by atoms with van der Waals surface area (Å²) in [7, 11) is 0. The summed E-state index contributed by atoms with van der Waals surface area (Å²) < 4.78 is 12.7. The topological polar surface area (TPSA) is 63.3 Å². The van der Waals surface area contributed by atoms with Crippen LogP contribution in [0.15, 0.2) is 0 Å². The summed E-state index contributed by atoms with van der Waals surface area (Å²) in [6, 6.07) is -0.579. The molecule has 1 fully saturated rings. The molecule has 0 unspecified atom stereocenters. The van der Waals surface area contributed by atoms with Crippen molar-refractivity contribution in [3.63, 3.8) is 0 Å². The summed E-state index contributed by atoms with van der Waals surface area (Å²) in [4.78, 5) is 10.4. The van der Waals surface area contributed by atoms with Gasteiger partial charge in [0.2, 0.25) is 0 Å². The predicted octanol–water partition coefficient (Wildman–Crippen LogP) is 0.536. The molecule has 3 nitrogen and oxygen atoms in total. The van der Waals surface area contributed by atoms with Crippen molar-refractivity contribution in [1.82, 2.24) is 0 Å². The number of rotatable bonds is 1. The van der Waals surface area contributed by atoms with Gasteiger partial charge in [0.25, 0.3) is 0 Å². The molecule has 0 aromatic rings. The largest absolute Gasteiger partial charge is 0.481 e. The minimum atomic E-state index is -1.01. The number of hydrogen-bond acceptors (Lipinski definition) is 2. The molecule has 0 aliphatic heterocycles. The van der Waals surface area contributed by atoms with Gasteiger partial charge in [-0.2, -0.15) is 0 Å². The van der Waals surface area contributed by atoms with E-state index in [1.807, 2.05) is 0 Å². The van der Waals surface area contributed by atoms with Gasteiger partial charge in [-0.05, 0) is 19.3 Å².